The Morgan fingerprint density at radius 3 is 2.48 bits per heavy atom. The molecule has 0 bridgehead atoms. The zero-order valence-corrected chi connectivity index (χ0v) is 16.1. The molecule has 0 radical (unpaired) electrons. The lowest BCUT2D eigenvalue weighted by Crippen LogP contribution is -2.13. The molecule has 0 spiro atoms. The second kappa shape index (κ2) is 6.85. The Labute approximate surface area is 156 Å². The van der Waals surface area contributed by atoms with Crippen LogP contribution in [0.25, 0.3) is 11.4 Å². The maximum Gasteiger partial charge on any atom is 0.434 e. The molecule has 1 aromatic heterocycles. The van der Waals surface area contributed by atoms with Crippen LogP contribution in [0.15, 0.2) is 18.3 Å². The second-order valence-electron chi connectivity index (χ2n) is 6.80. The summed E-state index contributed by atoms with van der Waals surface area (Å²) in [5.41, 5.74) is 1.19. The molecule has 148 valence electrons. The fourth-order valence-electron chi connectivity index (χ4n) is 3.28. The van der Waals surface area contributed by atoms with Crippen LogP contribution >= 0.6 is 0 Å². The van der Waals surface area contributed by atoms with Crippen molar-refractivity contribution in [1.82, 2.24) is 9.55 Å². The van der Waals surface area contributed by atoms with Gasteiger partial charge in [-0.3, -0.25) is 0 Å². The van der Waals surface area contributed by atoms with E-state index in [9.17, 15) is 21.6 Å². The van der Waals surface area contributed by atoms with Gasteiger partial charge >= 0.3 is 16.3 Å². The second-order valence-corrected chi connectivity index (χ2v) is 8.66. The van der Waals surface area contributed by atoms with E-state index in [1.165, 1.54) is 17.6 Å². The van der Waals surface area contributed by atoms with Crippen LogP contribution in [-0.4, -0.2) is 23.7 Å². The quantitative estimate of drug-likeness (QED) is 0.697. The molecule has 3 rings (SSSR count). The predicted octanol–water partition coefficient (Wildman–Crippen LogP) is 4.37. The smallest absolute Gasteiger partial charge is 0.382 e. The number of nitrogens with zero attached hydrogens (tertiary/aromatic N) is 2. The van der Waals surface area contributed by atoms with E-state index in [0.29, 0.717) is 18.4 Å². The molecule has 0 amide bonds. The third-order valence-corrected chi connectivity index (χ3v) is 5.77. The zero-order chi connectivity index (χ0) is 20.0. The van der Waals surface area contributed by atoms with Crippen LogP contribution in [0.1, 0.15) is 50.1 Å². The largest absolute Gasteiger partial charge is 0.434 e. The summed E-state index contributed by atoms with van der Waals surface area (Å²) < 4.78 is 69.8. The first-order valence-electron chi connectivity index (χ1n) is 8.77. The van der Waals surface area contributed by atoms with E-state index in [1.807, 2.05) is 0 Å². The van der Waals surface area contributed by atoms with Crippen LogP contribution in [0, 0.1) is 0 Å². The summed E-state index contributed by atoms with van der Waals surface area (Å²) in [6.07, 6.45) is -1.47. The summed E-state index contributed by atoms with van der Waals surface area (Å²) in [5.74, 6) is 0.336. The minimum absolute atomic E-state index is 0.157. The molecule has 1 heterocycles. The topological polar surface area (TPSA) is 61.2 Å². The van der Waals surface area contributed by atoms with Crippen LogP contribution in [0.2, 0.25) is 0 Å². The monoisotopic (exact) mass is 402 g/mol. The van der Waals surface area contributed by atoms with Gasteiger partial charge in [-0.05, 0) is 63.3 Å². The molecule has 0 N–H and O–H groups in total. The summed E-state index contributed by atoms with van der Waals surface area (Å²) in [7, 11) is -3.68. The van der Waals surface area contributed by atoms with Gasteiger partial charge in [0.1, 0.15) is 11.6 Å². The number of alkyl halides is 3. The minimum Gasteiger partial charge on any atom is -0.382 e. The van der Waals surface area contributed by atoms with Crippen molar-refractivity contribution < 1.29 is 25.8 Å². The molecule has 0 fully saturated rings. The van der Waals surface area contributed by atoms with Gasteiger partial charge < -0.3 is 8.75 Å². The maximum atomic E-state index is 13.2. The maximum absolute atomic E-state index is 13.2. The lowest BCUT2D eigenvalue weighted by Gasteiger charge is -2.16. The first-order valence-corrected chi connectivity index (χ1v) is 10.3. The third kappa shape index (κ3) is 3.83. The van der Waals surface area contributed by atoms with Gasteiger partial charge in [-0.25, -0.2) is 4.98 Å². The molecular formula is C18H21F3N2O3S. The van der Waals surface area contributed by atoms with E-state index in [2.05, 4.69) is 4.98 Å². The molecule has 0 atom stereocenters. The van der Waals surface area contributed by atoms with Crippen molar-refractivity contribution in [3.05, 3.63) is 35.2 Å². The van der Waals surface area contributed by atoms with Gasteiger partial charge in [0.05, 0.1) is 5.75 Å². The Morgan fingerprint density at radius 2 is 1.89 bits per heavy atom. The number of aromatic nitrogens is 2. The first-order chi connectivity index (χ1) is 12.5. The highest BCUT2D eigenvalue weighted by Crippen LogP contribution is 2.40. The standard InChI is InChI=1S/C18H21F3N2O3S/c1-4-27(24,25)26-15-9-8-14(12-6-5-7-13(12)15)17-22-16(18(19,20)21)10-23(17)11(2)3/h8-11H,4-7H2,1-3H3. The molecule has 1 aliphatic carbocycles. The Hall–Kier alpha value is -2.03. The van der Waals surface area contributed by atoms with Gasteiger partial charge in [0.2, 0.25) is 0 Å². The zero-order valence-electron chi connectivity index (χ0n) is 15.3. The Morgan fingerprint density at radius 1 is 1.22 bits per heavy atom. The first kappa shape index (κ1) is 19.7. The molecule has 1 aromatic carbocycles. The lowest BCUT2D eigenvalue weighted by molar-refractivity contribution is -0.140. The highest BCUT2D eigenvalue weighted by atomic mass is 32.2. The molecule has 2 aromatic rings. The molecule has 5 nitrogen and oxygen atoms in total. The van der Waals surface area contributed by atoms with Crippen LogP contribution in [0.5, 0.6) is 5.75 Å². The summed E-state index contributed by atoms with van der Waals surface area (Å²) in [6.45, 7) is 5.07. The molecule has 0 unspecified atom stereocenters. The molecule has 27 heavy (non-hydrogen) atoms. The van der Waals surface area contributed by atoms with Crippen molar-refractivity contribution in [3.8, 4) is 17.1 Å². The number of halogens is 3. The van der Waals surface area contributed by atoms with Crippen LogP contribution in [-0.2, 0) is 29.1 Å². The summed E-state index contributed by atoms with van der Waals surface area (Å²) >= 11 is 0. The van der Waals surface area contributed by atoms with E-state index < -0.39 is 22.0 Å². The van der Waals surface area contributed by atoms with Crippen molar-refractivity contribution >= 4 is 10.1 Å². The van der Waals surface area contributed by atoms with Gasteiger partial charge in [0.25, 0.3) is 0 Å². The van der Waals surface area contributed by atoms with E-state index in [0.717, 1.165) is 23.7 Å². The number of rotatable bonds is 5. The number of benzene rings is 1. The molecule has 1 aliphatic rings. The van der Waals surface area contributed by atoms with E-state index in [4.69, 9.17) is 4.18 Å². The molecule has 0 saturated carbocycles. The molecule has 0 aliphatic heterocycles. The third-order valence-electron chi connectivity index (χ3n) is 4.63. The summed E-state index contributed by atoms with van der Waals surface area (Å²) in [4.78, 5) is 3.85. The van der Waals surface area contributed by atoms with Crippen LogP contribution in [0.4, 0.5) is 13.2 Å². The van der Waals surface area contributed by atoms with Crippen molar-refractivity contribution in [2.45, 2.75) is 52.3 Å². The van der Waals surface area contributed by atoms with Gasteiger partial charge in [0.15, 0.2) is 5.69 Å². The van der Waals surface area contributed by atoms with Gasteiger partial charge in [-0.15, -0.1) is 0 Å². The highest BCUT2D eigenvalue weighted by Gasteiger charge is 2.36. The summed E-state index contributed by atoms with van der Waals surface area (Å²) in [6, 6.07) is 2.91. The molecular weight excluding hydrogens is 381 g/mol. The van der Waals surface area contributed by atoms with Gasteiger partial charge in [0, 0.05) is 17.8 Å². The minimum atomic E-state index is -4.53. The van der Waals surface area contributed by atoms with Crippen LogP contribution < -0.4 is 4.18 Å². The predicted molar refractivity (Wildman–Crippen MR) is 95.2 cm³/mol. The van der Waals surface area contributed by atoms with E-state index in [-0.39, 0.29) is 23.4 Å². The molecule has 0 saturated heterocycles. The lowest BCUT2D eigenvalue weighted by atomic mass is 10.0. The van der Waals surface area contributed by atoms with Crippen LogP contribution in [0.3, 0.4) is 0 Å². The fourth-order valence-corrected chi connectivity index (χ4v) is 3.83. The SMILES string of the molecule is CCS(=O)(=O)Oc1ccc(-c2nc(C(F)(F)F)cn2C(C)C)c2c1CCC2. The number of hydrogen-bond donors (Lipinski definition) is 0. The van der Waals surface area contributed by atoms with E-state index in [1.54, 1.807) is 19.9 Å². The van der Waals surface area contributed by atoms with Crippen molar-refractivity contribution in [2.75, 3.05) is 5.75 Å². The fraction of sp³-hybridized carbons (Fsp3) is 0.500. The number of imidazole rings is 1. The van der Waals surface area contributed by atoms with Crippen molar-refractivity contribution in [3.63, 3.8) is 0 Å². The summed E-state index contributed by atoms with van der Waals surface area (Å²) in [5, 5.41) is 0. The molecule has 9 heteroatoms. The van der Waals surface area contributed by atoms with Gasteiger partial charge in [-0.2, -0.15) is 21.6 Å². The Bertz CT molecular complexity index is 963. The van der Waals surface area contributed by atoms with Crippen molar-refractivity contribution in [1.29, 1.82) is 0 Å². The average molecular weight is 402 g/mol. The van der Waals surface area contributed by atoms with Gasteiger partial charge in [-0.1, -0.05) is 0 Å². The number of hydrogen-bond acceptors (Lipinski definition) is 4. The Kier molecular flexibility index (Phi) is 5.00. The van der Waals surface area contributed by atoms with E-state index >= 15 is 0 Å². The highest BCUT2D eigenvalue weighted by molar-refractivity contribution is 7.87. The average Bonchev–Trinajstić information content (AvgIpc) is 3.22. The number of fused-ring (bicyclic) bond motifs is 1. The Balaban J connectivity index is 2.14. The normalized spacial score (nSPS) is 14.6. The van der Waals surface area contributed by atoms with Crippen molar-refractivity contribution in [2.24, 2.45) is 0 Å².